The summed E-state index contributed by atoms with van der Waals surface area (Å²) in [4.78, 5) is 22.2. The Hall–Kier alpha value is -1.38. The molecule has 0 spiro atoms. The largest absolute Gasteiger partial charge is 0.385 e. The molecule has 1 amide bonds. The van der Waals surface area contributed by atoms with Crippen LogP contribution in [0.2, 0.25) is 0 Å². The number of carbonyl (C=O) groups is 1. The number of methoxy groups -OCH3 is 1. The number of guanidine groups is 1. The van der Waals surface area contributed by atoms with E-state index in [9.17, 15) is 4.79 Å². The van der Waals surface area contributed by atoms with Gasteiger partial charge >= 0.3 is 0 Å². The van der Waals surface area contributed by atoms with Crippen LogP contribution in [-0.4, -0.2) is 113 Å². The van der Waals surface area contributed by atoms with Crippen LogP contribution in [0.25, 0.3) is 0 Å². The van der Waals surface area contributed by atoms with Gasteiger partial charge in [-0.2, -0.15) is 0 Å². The van der Waals surface area contributed by atoms with Crippen LogP contribution in [0.5, 0.6) is 0 Å². The van der Waals surface area contributed by atoms with Crippen molar-refractivity contribution in [3.63, 3.8) is 0 Å². The van der Waals surface area contributed by atoms with E-state index in [1.807, 2.05) is 4.90 Å². The molecule has 8 heteroatoms. The van der Waals surface area contributed by atoms with Crippen molar-refractivity contribution in [1.82, 2.24) is 25.3 Å². The average Bonchev–Trinajstić information content (AvgIpc) is 2.61. The predicted octanol–water partition coefficient (Wildman–Crippen LogP) is -0.716. The van der Waals surface area contributed by atoms with Crippen molar-refractivity contribution < 1.29 is 9.53 Å². The van der Waals surface area contributed by atoms with Gasteiger partial charge in [0.25, 0.3) is 0 Å². The lowest BCUT2D eigenvalue weighted by atomic mass is 10.3. The van der Waals surface area contributed by atoms with Gasteiger partial charge in [-0.05, 0) is 13.5 Å². The quantitative estimate of drug-likeness (QED) is 0.306. The molecule has 2 N–H and O–H groups in total. The van der Waals surface area contributed by atoms with E-state index < -0.39 is 0 Å². The van der Waals surface area contributed by atoms with Gasteiger partial charge in [0.1, 0.15) is 0 Å². The third-order valence-corrected chi connectivity index (χ3v) is 4.44. The Morgan fingerprint density at radius 2 is 1.84 bits per heavy atom. The average molecular weight is 357 g/mol. The van der Waals surface area contributed by atoms with Crippen LogP contribution in [0.3, 0.4) is 0 Å². The highest BCUT2D eigenvalue weighted by Crippen LogP contribution is 2.00. The number of ether oxygens (including phenoxy) is 1. The van der Waals surface area contributed by atoms with Crippen molar-refractivity contribution in [3.8, 4) is 0 Å². The molecule has 1 saturated heterocycles. The molecule has 0 aromatic carbocycles. The lowest BCUT2D eigenvalue weighted by Gasteiger charge is -2.34. The molecule has 1 aliphatic rings. The predicted molar refractivity (Wildman–Crippen MR) is 102 cm³/mol. The standard InChI is InChI=1S/C17H36N6O2/c1-16(24)23-13-11-22(12-14-23)10-7-20-17(18-2)19-6-9-21(3)8-5-15-25-4/h5-15H2,1-4H3,(H2,18,19,20). The van der Waals surface area contributed by atoms with Crippen LogP contribution in [0.4, 0.5) is 0 Å². The summed E-state index contributed by atoms with van der Waals surface area (Å²) < 4.78 is 5.07. The molecule has 25 heavy (non-hydrogen) atoms. The van der Waals surface area contributed by atoms with Crippen LogP contribution in [0.15, 0.2) is 4.99 Å². The number of likely N-dealkylation sites (N-methyl/N-ethyl adjacent to an activating group) is 1. The van der Waals surface area contributed by atoms with Gasteiger partial charge in [-0.15, -0.1) is 0 Å². The highest BCUT2D eigenvalue weighted by Gasteiger charge is 2.17. The van der Waals surface area contributed by atoms with Gasteiger partial charge in [0.2, 0.25) is 5.91 Å². The lowest BCUT2D eigenvalue weighted by molar-refractivity contribution is -0.130. The number of hydrogen-bond donors (Lipinski definition) is 2. The third-order valence-electron chi connectivity index (χ3n) is 4.44. The van der Waals surface area contributed by atoms with Gasteiger partial charge in [-0.3, -0.25) is 14.7 Å². The highest BCUT2D eigenvalue weighted by molar-refractivity contribution is 5.79. The number of carbonyl (C=O) groups excluding carboxylic acids is 1. The fraction of sp³-hybridized carbons (Fsp3) is 0.882. The van der Waals surface area contributed by atoms with Crippen LogP contribution in [-0.2, 0) is 9.53 Å². The van der Waals surface area contributed by atoms with Gasteiger partial charge in [-0.25, -0.2) is 0 Å². The number of aliphatic imine (C=N–C) groups is 1. The van der Waals surface area contributed by atoms with Crippen LogP contribution < -0.4 is 10.6 Å². The maximum atomic E-state index is 11.3. The molecule has 0 radical (unpaired) electrons. The Labute approximate surface area is 152 Å². The van der Waals surface area contributed by atoms with Crippen molar-refractivity contribution in [2.75, 3.05) is 86.7 Å². The minimum atomic E-state index is 0.176. The summed E-state index contributed by atoms with van der Waals surface area (Å²) >= 11 is 0. The van der Waals surface area contributed by atoms with Gasteiger partial charge in [0, 0.05) is 86.6 Å². The van der Waals surface area contributed by atoms with Crippen LogP contribution >= 0.6 is 0 Å². The van der Waals surface area contributed by atoms with E-state index in [1.165, 1.54) is 0 Å². The fourth-order valence-electron chi connectivity index (χ4n) is 2.80. The molecule has 0 aliphatic carbocycles. The second kappa shape index (κ2) is 12.9. The zero-order chi connectivity index (χ0) is 18.5. The first-order valence-corrected chi connectivity index (χ1v) is 9.16. The molecule has 1 aliphatic heterocycles. The number of hydrogen-bond acceptors (Lipinski definition) is 5. The number of amides is 1. The summed E-state index contributed by atoms with van der Waals surface area (Å²) in [5.41, 5.74) is 0. The summed E-state index contributed by atoms with van der Waals surface area (Å²) in [5.74, 6) is 1.02. The first kappa shape index (κ1) is 21.7. The lowest BCUT2D eigenvalue weighted by Crippen LogP contribution is -2.50. The normalized spacial score (nSPS) is 16.4. The van der Waals surface area contributed by atoms with Gasteiger partial charge < -0.3 is 25.2 Å². The van der Waals surface area contributed by atoms with E-state index in [-0.39, 0.29) is 5.91 Å². The number of nitrogens with zero attached hydrogens (tertiary/aromatic N) is 4. The van der Waals surface area contributed by atoms with Gasteiger partial charge in [-0.1, -0.05) is 0 Å². The molecule has 146 valence electrons. The summed E-state index contributed by atoms with van der Waals surface area (Å²) in [6.07, 6.45) is 1.05. The van der Waals surface area contributed by atoms with E-state index in [2.05, 4.69) is 32.5 Å². The van der Waals surface area contributed by atoms with Crippen molar-refractivity contribution in [3.05, 3.63) is 0 Å². The van der Waals surface area contributed by atoms with E-state index in [0.717, 1.165) is 77.9 Å². The maximum Gasteiger partial charge on any atom is 0.219 e. The molecule has 0 bridgehead atoms. The Morgan fingerprint density at radius 3 is 2.44 bits per heavy atom. The van der Waals surface area contributed by atoms with Crippen LogP contribution in [0, 0.1) is 0 Å². The van der Waals surface area contributed by atoms with E-state index >= 15 is 0 Å². The summed E-state index contributed by atoms with van der Waals surface area (Å²) in [7, 11) is 5.65. The van der Waals surface area contributed by atoms with Crippen molar-refractivity contribution in [2.45, 2.75) is 13.3 Å². The number of nitrogens with one attached hydrogen (secondary N) is 2. The minimum Gasteiger partial charge on any atom is -0.385 e. The molecule has 8 nitrogen and oxygen atoms in total. The molecule has 1 fully saturated rings. The SMILES string of the molecule is CN=C(NCCN(C)CCCOC)NCCN1CCN(C(C)=O)CC1. The van der Waals surface area contributed by atoms with Gasteiger partial charge in [0.05, 0.1) is 0 Å². The molecule has 0 unspecified atom stereocenters. The number of rotatable bonds is 10. The molecule has 0 saturated carbocycles. The minimum absolute atomic E-state index is 0.176. The second-order valence-electron chi connectivity index (χ2n) is 6.42. The molecule has 0 aromatic rings. The Bertz CT molecular complexity index is 397. The van der Waals surface area contributed by atoms with Crippen molar-refractivity contribution >= 4 is 11.9 Å². The smallest absolute Gasteiger partial charge is 0.219 e. The first-order valence-electron chi connectivity index (χ1n) is 9.16. The Balaban J connectivity index is 2.09. The summed E-state index contributed by atoms with van der Waals surface area (Å²) in [6.45, 7) is 10.7. The van der Waals surface area contributed by atoms with Gasteiger partial charge in [0.15, 0.2) is 5.96 Å². The first-order chi connectivity index (χ1) is 12.1. The van der Waals surface area contributed by atoms with E-state index in [0.29, 0.717) is 0 Å². The molecule has 1 rings (SSSR count). The van der Waals surface area contributed by atoms with E-state index in [4.69, 9.17) is 4.74 Å². The molecule has 0 atom stereocenters. The third kappa shape index (κ3) is 9.62. The zero-order valence-corrected chi connectivity index (χ0v) is 16.4. The summed E-state index contributed by atoms with van der Waals surface area (Å²) in [6, 6.07) is 0. The Morgan fingerprint density at radius 1 is 1.16 bits per heavy atom. The van der Waals surface area contributed by atoms with Crippen molar-refractivity contribution in [1.29, 1.82) is 0 Å². The topological polar surface area (TPSA) is 72.4 Å². The molecular formula is C17H36N6O2. The second-order valence-corrected chi connectivity index (χ2v) is 6.42. The zero-order valence-electron chi connectivity index (χ0n) is 16.4. The maximum absolute atomic E-state index is 11.3. The molecule has 0 aromatic heterocycles. The fourth-order valence-corrected chi connectivity index (χ4v) is 2.80. The van der Waals surface area contributed by atoms with Crippen LogP contribution in [0.1, 0.15) is 13.3 Å². The monoisotopic (exact) mass is 356 g/mol. The summed E-state index contributed by atoms with van der Waals surface area (Å²) in [5, 5.41) is 6.70. The Kier molecular flexibility index (Phi) is 11.2. The molecule has 1 heterocycles. The molecular weight excluding hydrogens is 320 g/mol. The highest BCUT2D eigenvalue weighted by atomic mass is 16.5. The number of piperazine rings is 1. The van der Waals surface area contributed by atoms with Crippen molar-refractivity contribution in [2.24, 2.45) is 4.99 Å². The van der Waals surface area contributed by atoms with E-state index in [1.54, 1.807) is 21.1 Å².